The van der Waals surface area contributed by atoms with Crippen molar-refractivity contribution in [3.8, 4) is 12.3 Å². The van der Waals surface area contributed by atoms with Crippen molar-refractivity contribution in [3.63, 3.8) is 0 Å². The summed E-state index contributed by atoms with van der Waals surface area (Å²) in [6.45, 7) is 0.305. The molecule has 0 saturated heterocycles. The second-order valence-electron chi connectivity index (χ2n) is 1.47. The number of hydrogen-bond donors (Lipinski definition) is 1. The van der Waals surface area contributed by atoms with Crippen LogP contribution in [0, 0.1) is 12.3 Å². The molecule has 46 valence electrons. The van der Waals surface area contributed by atoms with Gasteiger partial charge in [0.25, 0.3) is 0 Å². The third-order valence-corrected chi connectivity index (χ3v) is 0.963. The minimum Gasteiger partial charge on any atom is -0.446 e. The maximum absolute atomic E-state index is 5.24. The lowest BCUT2D eigenvalue weighted by atomic mass is 10.3. The van der Waals surface area contributed by atoms with Crippen molar-refractivity contribution in [1.29, 1.82) is 0 Å². The predicted molar refractivity (Wildman–Crippen MR) is 32.3 cm³/mol. The second kappa shape index (κ2) is 2.33. The molecule has 1 aromatic rings. The molecule has 2 N–H and O–H groups in total. The fraction of sp³-hybridized carbons (Fsp3) is 0.167. The highest BCUT2D eigenvalue weighted by atomic mass is 16.3. The average Bonchev–Trinajstić information content (AvgIpc) is 2.33. The Morgan fingerprint density at radius 1 is 1.89 bits per heavy atom. The van der Waals surface area contributed by atoms with Crippen LogP contribution < -0.4 is 5.73 Å². The number of rotatable bonds is 1. The highest BCUT2D eigenvalue weighted by Crippen LogP contribution is 2.01. The Morgan fingerprint density at radius 2 is 2.67 bits per heavy atom. The van der Waals surface area contributed by atoms with Crippen LogP contribution in [0.3, 0.4) is 0 Å². The summed E-state index contributed by atoms with van der Waals surface area (Å²) in [6.07, 6.45) is 6.33. The van der Waals surface area contributed by atoms with Crippen LogP contribution in [-0.4, -0.2) is 4.98 Å². The van der Waals surface area contributed by atoms with Gasteiger partial charge in [0.15, 0.2) is 17.8 Å². The minimum atomic E-state index is 0.305. The monoisotopic (exact) mass is 122 g/mol. The molecule has 0 aromatic carbocycles. The minimum absolute atomic E-state index is 0.305. The predicted octanol–water partition coefficient (Wildman–Crippen LogP) is 0.115. The van der Waals surface area contributed by atoms with Crippen molar-refractivity contribution in [2.45, 2.75) is 6.54 Å². The molecule has 0 atom stereocenters. The van der Waals surface area contributed by atoms with Crippen molar-refractivity contribution in [2.24, 2.45) is 5.73 Å². The maximum Gasteiger partial charge on any atom is 0.182 e. The third kappa shape index (κ3) is 0.929. The lowest BCUT2D eigenvalue weighted by molar-refractivity contribution is 0.505. The summed E-state index contributed by atoms with van der Waals surface area (Å²) in [5.41, 5.74) is 5.74. The zero-order chi connectivity index (χ0) is 6.69. The van der Waals surface area contributed by atoms with E-state index in [2.05, 4.69) is 10.9 Å². The summed E-state index contributed by atoms with van der Waals surface area (Å²) in [5.74, 6) is 2.91. The molecule has 1 rings (SSSR count). The SMILES string of the molecule is C#Cc1ncoc1CN. The lowest BCUT2D eigenvalue weighted by Crippen LogP contribution is -1.96. The summed E-state index contributed by atoms with van der Waals surface area (Å²) in [6, 6.07) is 0. The zero-order valence-electron chi connectivity index (χ0n) is 4.79. The molecule has 0 aliphatic rings. The molecule has 0 bridgehead atoms. The average molecular weight is 122 g/mol. The number of oxazole rings is 1. The molecule has 0 aliphatic heterocycles. The van der Waals surface area contributed by atoms with E-state index < -0.39 is 0 Å². The highest BCUT2D eigenvalue weighted by Gasteiger charge is 2.00. The molecular formula is C6H6N2O. The van der Waals surface area contributed by atoms with E-state index in [4.69, 9.17) is 16.6 Å². The molecule has 1 heterocycles. The number of aromatic nitrogens is 1. The molecular weight excluding hydrogens is 116 g/mol. The van der Waals surface area contributed by atoms with Gasteiger partial charge in [-0.2, -0.15) is 0 Å². The molecule has 1 aromatic heterocycles. The molecule has 0 radical (unpaired) electrons. The number of hydrogen-bond acceptors (Lipinski definition) is 3. The first-order valence-electron chi connectivity index (χ1n) is 2.47. The Kier molecular flexibility index (Phi) is 1.52. The van der Waals surface area contributed by atoms with Gasteiger partial charge in [0, 0.05) is 0 Å². The summed E-state index contributed by atoms with van der Waals surface area (Å²) in [4.78, 5) is 3.72. The van der Waals surface area contributed by atoms with Gasteiger partial charge in [-0.15, -0.1) is 6.42 Å². The normalized spacial score (nSPS) is 8.89. The van der Waals surface area contributed by atoms with E-state index in [-0.39, 0.29) is 0 Å². The van der Waals surface area contributed by atoms with Crippen LogP contribution in [0.4, 0.5) is 0 Å². The van der Waals surface area contributed by atoms with Gasteiger partial charge in [-0.3, -0.25) is 0 Å². The fourth-order valence-corrected chi connectivity index (χ4v) is 0.533. The molecule has 0 amide bonds. The van der Waals surface area contributed by atoms with Crippen LogP contribution in [0.25, 0.3) is 0 Å². The van der Waals surface area contributed by atoms with Crippen molar-refractivity contribution in [3.05, 3.63) is 17.8 Å². The standard InChI is InChI=1S/C6H6N2O/c1-2-5-6(3-7)9-4-8-5/h1,4H,3,7H2. The molecule has 9 heavy (non-hydrogen) atoms. The van der Waals surface area contributed by atoms with Gasteiger partial charge in [-0.1, -0.05) is 0 Å². The van der Waals surface area contributed by atoms with Crippen LogP contribution in [0.1, 0.15) is 11.5 Å². The van der Waals surface area contributed by atoms with Crippen LogP contribution in [0.2, 0.25) is 0 Å². The molecule has 3 heteroatoms. The molecule has 0 saturated carbocycles. The fourth-order valence-electron chi connectivity index (χ4n) is 0.533. The summed E-state index contributed by atoms with van der Waals surface area (Å²) < 4.78 is 4.83. The first-order chi connectivity index (χ1) is 4.38. The van der Waals surface area contributed by atoms with Gasteiger partial charge in [-0.25, -0.2) is 4.98 Å². The zero-order valence-corrected chi connectivity index (χ0v) is 4.79. The maximum atomic E-state index is 5.24. The van der Waals surface area contributed by atoms with Gasteiger partial charge in [0.1, 0.15) is 0 Å². The number of nitrogens with zero attached hydrogens (tertiary/aromatic N) is 1. The molecule has 0 aliphatic carbocycles. The Hall–Kier alpha value is -1.27. The smallest absolute Gasteiger partial charge is 0.182 e. The van der Waals surface area contributed by atoms with Crippen molar-refractivity contribution < 1.29 is 4.42 Å². The van der Waals surface area contributed by atoms with Crippen LogP contribution in [0.5, 0.6) is 0 Å². The quantitative estimate of drug-likeness (QED) is 0.538. The van der Waals surface area contributed by atoms with E-state index in [1.165, 1.54) is 6.39 Å². The van der Waals surface area contributed by atoms with Gasteiger partial charge in [-0.05, 0) is 5.92 Å². The van der Waals surface area contributed by atoms with Crippen LogP contribution >= 0.6 is 0 Å². The van der Waals surface area contributed by atoms with E-state index in [0.717, 1.165) is 0 Å². The van der Waals surface area contributed by atoms with Gasteiger partial charge < -0.3 is 10.2 Å². The topological polar surface area (TPSA) is 52.0 Å². The van der Waals surface area contributed by atoms with Crippen LogP contribution in [0.15, 0.2) is 10.8 Å². The Bertz CT molecular complexity index is 233. The summed E-state index contributed by atoms with van der Waals surface area (Å²) in [5, 5.41) is 0. The van der Waals surface area contributed by atoms with Crippen LogP contribution in [-0.2, 0) is 6.54 Å². The molecule has 3 nitrogen and oxygen atoms in total. The molecule has 0 fully saturated rings. The highest BCUT2D eigenvalue weighted by molar-refractivity contribution is 5.26. The lowest BCUT2D eigenvalue weighted by Gasteiger charge is -1.84. The second-order valence-corrected chi connectivity index (χ2v) is 1.47. The van der Waals surface area contributed by atoms with Gasteiger partial charge in [0.05, 0.1) is 6.54 Å². The van der Waals surface area contributed by atoms with Gasteiger partial charge >= 0.3 is 0 Å². The van der Waals surface area contributed by atoms with Crippen molar-refractivity contribution >= 4 is 0 Å². The Morgan fingerprint density at radius 3 is 3.11 bits per heavy atom. The largest absolute Gasteiger partial charge is 0.446 e. The van der Waals surface area contributed by atoms with E-state index in [0.29, 0.717) is 18.0 Å². The van der Waals surface area contributed by atoms with E-state index in [1.807, 2.05) is 0 Å². The van der Waals surface area contributed by atoms with Gasteiger partial charge in [0.2, 0.25) is 0 Å². The first-order valence-corrected chi connectivity index (χ1v) is 2.47. The summed E-state index contributed by atoms with van der Waals surface area (Å²) >= 11 is 0. The number of nitrogens with two attached hydrogens (primary N) is 1. The molecule has 0 unspecified atom stereocenters. The number of terminal acetylenes is 1. The van der Waals surface area contributed by atoms with Crippen molar-refractivity contribution in [1.82, 2.24) is 4.98 Å². The van der Waals surface area contributed by atoms with E-state index >= 15 is 0 Å². The Balaban J connectivity index is 3.02. The Labute approximate surface area is 52.9 Å². The summed E-state index contributed by atoms with van der Waals surface area (Å²) in [7, 11) is 0. The first kappa shape index (κ1) is 5.86. The van der Waals surface area contributed by atoms with E-state index in [9.17, 15) is 0 Å². The van der Waals surface area contributed by atoms with E-state index in [1.54, 1.807) is 0 Å². The third-order valence-electron chi connectivity index (χ3n) is 0.963. The molecule has 0 spiro atoms. The van der Waals surface area contributed by atoms with Crippen molar-refractivity contribution in [2.75, 3.05) is 0 Å².